The molecule has 24 heavy (non-hydrogen) atoms. The van der Waals surface area contributed by atoms with Crippen molar-refractivity contribution < 1.29 is 15.0 Å². The number of ketones is 1. The molecule has 0 aromatic rings. The standard InChI is InChI=1S/C21H32O3/c1-19-11-13(12-22)18(23)10-14(19)4-5-15-16(19)6-8-20(2)17(15)7-9-21(20,3)24/h12,14-17,22,24H,4-11H2,1-3H3/t14-,15?,16?,17?,19-,20-,21-/m0/s1. The van der Waals surface area contributed by atoms with E-state index in [1.165, 1.54) is 6.42 Å². The van der Waals surface area contributed by atoms with Crippen molar-refractivity contribution in [2.75, 3.05) is 0 Å². The summed E-state index contributed by atoms with van der Waals surface area (Å²) >= 11 is 0. The molecule has 134 valence electrons. The summed E-state index contributed by atoms with van der Waals surface area (Å²) in [5, 5.41) is 20.5. The molecule has 3 nitrogen and oxygen atoms in total. The Morgan fingerprint density at radius 3 is 2.46 bits per heavy atom. The van der Waals surface area contributed by atoms with Gasteiger partial charge in [0.05, 0.1) is 11.9 Å². The van der Waals surface area contributed by atoms with Crippen LogP contribution in [-0.4, -0.2) is 21.6 Å². The molecule has 0 aliphatic heterocycles. The highest BCUT2D eigenvalue weighted by molar-refractivity contribution is 5.96. The maximum absolute atomic E-state index is 12.2. The minimum Gasteiger partial charge on any atom is -0.515 e. The van der Waals surface area contributed by atoms with Gasteiger partial charge < -0.3 is 10.2 Å². The van der Waals surface area contributed by atoms with Crippen molar-refractivity contribution in [2.24, 2.45) is 34.5 Å². The van der Waals surface area contributed by atoms with Crippen LogP contribution in [0.25, 0.3) is 0 Å². The van der Waals surface area contributed by atoms with Crippen molar-refractivity contribution in [3.8, 4) is 0 Å². The summed E-state index contributed by atoms with van der Waals surface area (Å²) in [5.74, 6) is 2.55. The van der Waals surface area contributed by atoms with Gasteiger partial charge in [0.1, 0.15) is 0 Å². The van der Waals surface area contributed by atoms with Crippen LogP contribution in [0, 0.1) is 34.5 Å². The van der Waals surface area contributed by atoms with Crippen molar-refractivity contribution in [1.29, 1.82) is 0 Å². The second-order valence-corrected chi connectivity index (χ2v) is 9.88. The fourth-order valence-corrected chi connectivity index (χ4v) is 7.37. The highest BCUT2D eigenvalue weighted by Crippen LogP contribution is 2.68. The molecule has 0 saturated heterocycles. The molecule has 0 radical (unpaired) electrons. The molecule has 4 aliphatic rings. The van der Waals surface area contributed by atoms with Crippen LogP contribution in [-0.2, 0) is 4.79 Å². The first-order chi connectivity index (χ1) is 11.2. The Balaban J connectivity index is 1.67. The summed E-state index contributed by atoms with van der Waals surface area (Å²) in [6.07, 6.45) is 9.11. The molecule has 0 aromatic heterocycles. The van der Waals surface area contributed by atoms with E-state index in [1.54, 1.807) is 0 Å². The fraction of sp³-hybridized carbons (Fsp3) is 0.857. The number of carbonyl (C=O) groups is 1. The minimum absolute atomic E-state index is 0.0531. The third-order valence-corrected chi connectivity index (χ3v) is 9.14. The third kappa shape index (κ3) is 1.97. The summed E-state index contributed by atoms with van der Waals surface area (Å²) in [6.45, 7) is 6.74. The second kappa shape index (κ2) is 5.09. The molecule has 0 amide bonds. The number of aliphatic hydroxyl groups excluding tert-OH is 1. The van der Waals surface area contributed by atoms with E-state index in [2.05, 4.69) is 13.8 Å². The maximum Gasteiger partial charge on any atom is 0.162 e. The molecule has 7 atom stereocenters. The van der Waals surface area contributed by atoms with Gasteiger partial charge in [0, 0.05) is 12.0 Å². The number of aliphatic hydroxyl groups is 2. The number of hydrogen-bond acceptors (Lipinski definition) is 3. The molecule has 3 unspecified atom stereocenters. The fourth-order valence-electron chi connectivity index (χ4n) is 7.37. The van der Waals surface area contributed by atoms with Gasteiger partial charge >= 0.3 is 0 Å². The molecule has 4 fully saturated rings. The molecule has 0 heterocycles. The quantitative estimate of drug-likeness (QED) is 0.510. The molecule has 4 saturated carbocycles. The van der Waals surface area contributed by atoms with Crippen LogP contribution >= 0.6 is 0 Å². The Hall–Kier alpha value is -0.830. The Labute approximate surface area is 145 Å². The molecular weight excluding hydrogens is 300 g/mol. The molecule has 4 aliphatic carbocycles. The SMILES string of the molecule is C[C@]1(O)CCC2C3CC[C@H]4CC(=O)C(=CO)C[C@]4(C)C3CC[C@@]21C. The zero-order valence-electron chi connectivity index (χ0n) is 15.3. The van der Waals surface area contributed by atoms with E-state index in [0.717, 1.165) is 44.8 Å². The summed E-state index contributed by atoms with van der Waals surface area (Å²) in [5.41, 5.74) is 0.304. The molecule has 3 heteroatoms. The number of carbonyl (C=O) groups excluding carboxylic acids is 1. The second-order valence-electron chi connectivity index (χ2n) is 9.88. The largest absolute Gasteiger partial charge is 0.515 e. The Morgan fingerprint density at radius 1 is 1.04 bits per heavy atom. The third-order valence-electron chi connectivity index (χ3n) is 9.14. The van der Waals surface area contributed by atoms with Gasteiger partial charge in [0.15, 0.2) is 5.78 Å². The summed E-state index contributed by atoms with van der Waals surface area (Å²) in [6, 6.07) is 0. The van der Waals surface area contributed by atoms with Crippen molar-refractivity contribution in [1.82, 2.24) is 0 Å². The first kappa shape index (κ1) is 16.6. The normalized spacial score (nSPS) is 55.8. The van der Waals surface area contributed by atoms with Gasteiger partial charge in [0.25, 0.3) is 0 Å². The van der Waals surface area contributed by atoms with E-state index < -0.39 is 5.60 Å². The van der Waals surface area contributed by atoms with Crippen molar-refractivity contribution in [3.63, 3.8) is 0 Å². The van der Waals surface area contributed by atoms with Gasteiger partial charge in [-0.1, -0.05) is 13.8 Å². The summed E-state index contributed by atoms with van der Waals surface area (Å²) in [4.78, 5) is 12.2. The summed E-state index contributed by atoms with van der Waals surface area (Å²) < 4.78 is 0. The van der Waals surface area contributed by atoms with E-state index >= 15 is 0 Å². The first-order valence-corrected chi connectivity index (χ1v) is 9.82. The van der Waals surface area contributed by atoms with Crippen LogP contribution in [0.2, 0.25) is 0 Å². The average Bonchev–Trinajstić information content (AvgIpc) is 2.77. The Kier molecular flexibility index (Phi) is 3.53. The molecule has 4 rings (SSSR count). The monoisotopic (exact) mass is 332 g/mol. The first-order valence-electron chi connectivity index (χ1n) is 9.82. The Bertz CT molecular complexity index is 592. The van der Waals surface area contributed by atoms with Crippen LogP contribution in [0.15, 0.2) is 11.8 Å². The van der Waals surface area contributed by atoms with E-state index in [9.17, 15) is 15.0 Å². The lowest BCUT2D eigenvalue weighted by atomic mass is 9.44. The van der Waals surface area contributed by atoms with E-state index in [-0.39, 0.29) is 16.6 Å². The number of fused-ring (bicyclic) bond motifs is 5. The van der Waals surface area contributed by atoms with Crippen LogP contribution in [0.3, 0.4) is 0 Å². The van der Waals surface area contributed by atoms with E-state index in [0.29, 0.717) is 35.7 Å². The van der Waals surface area contributed by atoms with Crippen molar-refractivity contribution in [2.45, 2.75) is 77.7 Å². The molecule has 0 aromatic carbocycles. The van der Waals surface area contributed by atoms with Gasteiger partial charge in [-0.25, -0.2) is 0 Å². The number of hydrogen-bond donors (Lipinski definition) is 2. The maximum atomic E-state index is 12.2. The number of Topliss-reactive ketones (excluding diaryl/α,β-unsaturated/α-hetero) is 1. The highest BCUT2D eigenvalue weighted by Gasteiger charge is 2.63. The van der Waals surface area contributed by atoms with Gasteiger partial charge in [-0.15, -0.1) is 0 Å². The van der Waals surface area contributed by atoms with Crippen molar-refractivity contribution >= 4 is 5.78 Å². The van der Waals surface area contributed by atoms with Gasteiger partial charge in [-0.3, -0.25) is 4.79 Å². The summed E-state index contributed by atoms with van der Waals surface area (Å²) in [7, 11) is 0. The van der Waals surface area contributed by atoms with Crippen LogP contribution in [0.5, 0.6) is 0 Å². The predicted molar refractivity (Wildman–Crippen MR) is 93.5 cm³/mol. The number of allylic oxidation sites excluding steroid dienone is 1. The lowest BCUT2D eigenvalue weighted by molar-refractivity contribution is -0.147. The van der Waals surface area contributed by atoms with Gasteiger partial charge in [-0.05, 0) is 86.4 Å². The van der Waals surface area contributed by atoms with Gasteiger partial charge in [0.2, 0.25) is 0 Å². The molecule has 2 N–H and O–H groups in total. The Morgan fingerprint density at radius 2 is 1.75 bits per heavy atom. The molecule has 0 spiro atoms. The van der Waals surface area contributed by atoms with Crippen LogP contribution in [0.1, 0.15) is 72.1 Å². The molecular formula is C21H32O3. The van der Waals surface area contributed by atoms with Crippen LogP contribution < -0.4 is 0 Å². The zero-order valence-corrected chi connectivity index (χ0v) is 15.3. The number of rotatable bonds is 0. The van der Waals surface area contributed by atoms with Gasteiger partial charge in [-0.2, -0.15) is 0 Å². The minimum atomic E-state index is -0.529. The predicted octanol–water partition coefficient (Wildman–Crippen LogP) is 4.40. The molecule has 0 bridgehead atoms. The highest BCUT2D eigenvalue weighted by atomic mass is 16.3. The van der Waals surface area contributed by atoms with E-state index in [1.807, 2.05) is 6.92 Å². The lowest BCUT2D eigenvalue weighted by Crippen LogP contribution is -2.56. The topological polar surface area (TPSA) is 57.5 Å². The van der Waals surface area contributed by atoms with E-state index in [4.69, 9.17) is 0 Å². The smallest absolute Gasteiger partial charge is 0.162 e. The van der Waals surface area contributed by atoms with Crippen molar-refractivity contribution in [3.05, 3.63) is 11.8 Å². The average molecular weight is 332 g/mol. The van der Waals surface area contributed by atoms with Crippen LogP contribution in [0.4, 0.5) is 0 Å². The zero-order chi connectivity index (χ0) is 17.3. The lowest BCUT2D eigenvalue weighted by Gasteiger charge is -2.61.